The molecular weight excluding hydrogens is 888 g/mol. The van der Waals surface area contributed by atoms with Gasteiger partial charge in [-0.15, -0.1) is 0 Å². The summed E-state index contributed by atoms with van der Waals surface area (Å²) in [6.07, 6.45) is 0. The Morgan fingerprint density at radius 3 is 1.19 bits per heavy atom. The molecule has 0 saturated heterocycles. The highest BCUT2D eigenvalue weighted by Crippen LogP contribution is 2.49. The third-order valence-corrected chi connectivity index (χ3v) is 11.1. The Morgan fingerprint density at radius 1 is 0.603 bits per heavy atom. The van der Waals surface area contributed by atoms with Gasteiger partial charge in [-0.1, -0.05) is 80.4 Å². The number of ether oxygens (including phenoxy) is 2. The first kappa shape index (κ1) is 43.0. The molecule has 6 rings (SSSR count). The summed E-state index contributed by atoms with van der Waals surface area (Å²) < 4.78 is 11.3. The van der Waals surface area contributed by atoms with Crippen molar-refractivity contribution in [1.29, 1.82) is 0 Å². The normalized spacial score (nSPS) is 18.9. The zero-order chi connectivity index (χ0) is 42.7. The molecule has 0 aliphatic carbocycles. The molecule has 0 N–H and O–H groups in total. The van der Waals surface area contributed by atoms with Crippen LogP contribution in [0.1, 0.15) is 57.5 Å². The number of para-hydroxylation sites is 2. The van der Waals surface area contributed by atoms with Crippen molar-refractivity contribution in [3.63, 3.8) is 0 Å². The Morgan fingerprint density at radius 2 is 0.914 bits per heavy atom. The average Bonchev–Trinajstić information content (AvgIpc) is 3.62. The van der Waals surface area contributed by atoms with Gasteiger partial charge in [0.25, 0.3) is 0 Å². The number of hydrogen-bond acceptors (Lipinski definition) is 12. The molecule has 18 heteroatoms. The fraction of sp³-hybridized carbons (Fsp3) is 0.250. The van der Waals surface area contributed by atoms with Crippen molar-refractivity contribution in [2.24, 2.45) is 0 Å². The highest BCUT2D eigenvalue weighted by Gasteiger charge is 2.67. The van der Waals surface area contributed by atoms with E-state index in [4.69, 9.17) is 9.47 Å². The zero-order valence-electron chi connectivity index (χ0n) is 31.3. The van der Waals surface area contributed by atoms with Gasteiger partial charge in [0.05, 0.1) is 37.4 Å². The third-order valence-electron chi connectivity index (χ3n) is 10.0. The largest absolute Gasteiger partial charge is 0.467 e. The van der Waals surface area contributed by atoms with Crippen molar-refractivity contribution >= 4 is 78.6 Å². The first-order chi connectivity index (χ1) is 27.5. The number of benzene rings is 4. The van der Waals surface area contributed by atoms with E-state index in [0.717, 1.165) is 33.0 Å². The van der Waals surface area contributed by atoms with Gasteiger partial charge in [-0.2, -0.15) is 0 Å². The summed E-state index contributed by atoms with van der Waals surface area (Å²) in [7, 11) is 2.17. The van der Waals surface area contributed by atoms with E-state index in [2.05, 4.69) is 31.9 Å². The SMILES string of the molecule is COC(=O)[C@]1([C@H](C[N+](=O)[O-])c2ccc(Br)cc2)C(=O)c2ccccc2N1C(C)=O.COC(=O)[C@]1([C@H](C[N+](=O)[O-])c2ccc(Br)cc2)C(=O)c2ccccc2N1C(C)=O. The number of nitrogens with zero attached hydrogens (tertiary/aromatic N) is 4. The van der Waals surface area contributed by atoms with Crippen LogP contribution in [0.2, 0.25) is 0 Å². The summed E-state index contributed by atoms with van der Waals surface area (Å²) in [6, 6.07) is 25.4. The lowest BCUT2D eigenvalue weighted by molar-refractivity contribution is -0.484. The van der Waals surface area contributed by atoms with Gasteiger partial charge < -0.3 is 9.47 Å². The minimum Gasteiger partial charge on any atom is -0.467 e. The average molecular weight is 923 g/mol. The summed E-state index contributed by atoms with van der Waals surface area (Å²) in [5.74, 6) is -7.18. The number of Topliss-reactive ketones (excluding diaryl/α,β-unsaturated/α-hetero) is 2. The van der Waals surface area contributed by atoms with Crippen molar-refractivity contribution in [2.75, 3.05) is 37.1 Å². The van der Waals surface area contributed by atoms with E-state index >= 15 is 0 Å². The molecule has 16 nitrogen and oxygen atoms in total. The predicted molar refractivity (Wildman–Crippen MR) is 215 cm³/mol. The second kappa shape index (κ2) is 17.2. The van der Waals surface area contributed by atoms with Gasteiger partial charge in [0.2, 0.25) is 47.5 Å². The van der Waals surface area contributed by atoms with Gasteiger partial charge in [-0.25, -0.2) is 9.59 Å². The number of amides is 2. The fourth-order valence-corrected chi connectivity index (χ4v) is 8.32. The van der Waals surface area contributed by atoms with Crippen molar-refractivity contribution in [1.82, 2.24) is 0 Å². The summed E-state index contributed by atoms with van der Waals surface area (Å²) in [5.41, 5.74) is -2.99. The molecule has 2 heterocycles. The van der Waals surface area contributed by atoms with Crippen LogP contribution in [-0.4, -0.2) is 83.6 Å². The molecule has 0 spiro atoms. The number of halogens is 2. The van der Waals surface area contributed by atoms with Crippen LogP contribution >= 0.6 is 31.9 Å². The molecule has 2 amide bonds. The third kappa shape index (κ3) is 7.28. The van der Waals surface area contributed by atoms with Crippen LogP contribution in [0.5, 0.6) is 0 Å². The quantitative estimate of drug-likeness (QED) is 0.0782. The molecule has 0 unspecified atom stereocenters. The smallest absolute Gasteiger partial charge is 0.341 e. The summed E-state index contributed by atoms with van der Waals surface area (Å²) >= 11 is 6.60. The monoisotopic (exact) mass is 920 g/mol. The second-order valence-corrected chi connectivity index (χ2v) is 15.0. The van der Waals surface area contributed by atoms with E-state index in [1.165, 1.54) is 38.1 Å². The van der Waals surface area contributed by atoms with E-state index in [1.54, 1.807) is 72.8 Å². The number of carbonyl (C=O) groups is 6. The molecule has 0 fully saturated rings. The molecule has 300 valence electrons. The predicted octanol–water partition coefficient (Wildman–Crippen LogP) is 5.94. The van der Waals surface area contributed by atoms with E-state index in [9.17, 15) is 49.0 Å². The first-order valence-electron chi connectivity index (χ1n) is 17.3. The Hall–Kier alpha value is -6.14. The number of ketones is 2. The highest BCUT2D eigenvalue weighted by atomic mass is 79.9. The van der Waals surface area contributed by atoms with Gasteiger partial charge >= 0.3 is 11.9 Å². The van der Waals surface area contributed by atoms with Gasteiger partial charge in [0.1, 0.15) is 0 Å². The minimum absolute atomic E-state index is 0.138. The lowest BCUT2D eigenvalue weighted by atomic mass is 9.75. The second-order valence-electron chi connectivity index (χ2n) is 13.2. The van der Waals surface area contributed by atoms with Gasteiger partial charge in [0.15, 0.2) is 0 Å². The fourth-order valence-electron chi connectivity index (χ4n) is 7.79. The van der Waals surface area contributed by atoms with Crippen LogP contribution in [0.25, 0.3) is 0 Å². The van der Waals surface area contributed by atoms with Gasteiger partial charge in [-0.3, -0.25) is 49.2 Å². The maximum atomic E-state index is 13.6. The van der Waals surface area contributed by atoms with Crippen molar-refractivity contribution in [2.45, 2.75) is 36.8 Å². The van der Waals surface area contributed by atoms with Gasteiger partial charge in [0, 0.05) is 43.8 Å². The number of nitro groups is 2. The molecule has 2 aliphatic rings. The van der Waals surface area contributed by atoms with E-state index < -0.39 is 81.2 Å². The Bertz CT molecular complexity index is 2180. The van der Waals surface area contributed by atoms with Crippen molar-refractivity contribution in [3.05, 3.63) is 148 Å². The molecule has 4 aromatic carbocycles. The number of rotatable bonds is 10. The van der Waals surface area contributed by atoms with Crippen LogP contribution in [0.15, 0.2) is 106 Å². The van der Waals surface area contributed by atoms with Gasteiger partial charge in [-0.05, 0) is 59.7 Å². The lowest BCUT2D eigenvalue weighted by Gasteiger charge is -2.38. The van der Waals surface area contributed by atoms with Crippen LogP contribution < -0.4 is 9.80 Å². The van der Waals surface area contributed by atoms with Crippen molar-refractivity contribution in [3.8, 4) is 0 Å². The molecule has 0 bridgehead atoms. The molecule has 0 radical (unpaired) electrons. The lowest BCUT2D eigenvalue weighted by Crippen LogP contribution is -2.63. The van der Waals surface area contributed by atoms with Crippen LogP contribution in [0.3, 0.4) is 0 Å². The maximum Gasteiger partial charge on any atom is 0.341 e. The molecule has 0 aromatic heterocycles. The molecule has 2 aliphatic heterocycles. The molecular formula is C40H34Br2N4O12. The molecule has 4 atom stereocenters. The minimum atomic E-state index is -2.22. The number of methoxy groups -OCH3 is 2. The number of carbonyl (C=O) groups excluding carboxylic acids is 6. The molecule has 58 heavy (non-hydrogen) atoms. The van der Waals surface area contributed by atoms with E-state index in [-0.39, 0.29) is 22.5 Å². The Balaban J connectivity index is 0.000000221. The Kier molecular flexibility index (Phi) is 12.7. The standard InChI is InChI=1S/2C20H17BrN2O6/c2*1-12(24)23-17-6-4-3-5-15(17)18(25)20(23,19(26)29-2)16(11-22(27)28)13-7-9-14(21)10-8-13/h2*3-10,16H,11H2,1-2H3/t2*16-,20+/m11/s1. The summed E-state index contributed by atoms with van der Waals surface area (Å²) in [6.45, 7) is 0.913. The topological polar surface area (TPSA) is 214 Å². The molecule has 0 saturated carbocycles. The number of esters is 2. The molecule has 4 aromatic rings. The van der Waals surface area contributed by atoms with Crippen LogP contribution in [0, 0.1) is 20.2 Å². The first-order valence-corrected chi connectivity index (χ1v) is 18.9. The zero-order valence-corrected chi connectivity index (χ0v) is 34.4. The van der Waals surface area contributed by atoms with E-state index in [0.29, 0.717) is 11.1 Å². The number of hydrogen-bond donors (Lipinski definition) is 0. The maximum absolute atomic E-state index is 13.6. The Labute approximate surface area is 347 Å². The van der Waals surface area contributed by atoms with Crippen molar-refractivity contribution < 1.29 is 48.1 Å². The van der Waals surface area contributed by atoms with Crippen LogP contribution in [-0.2, 0) is 28.7 Å². The highest BCUT2D eigenvalue weighted by molar-refractivity contribution is 9.10. The number of anilines is 2. The van der Waals surface area contributed by atoms with Crippen LogP contribution in [0.4, 0.5) is 11.4 Å². The summed E-state index contributed by atoms with van der Waals surface area (Å²) in [5, 5.41) is 23.1. The van der Waals surface area contributed by atoms with E-state index in [1.807, 2.05) is 0 Å². The number of fused-ring (bicyclic) bond motifs is 2. The summed E-state index contributed by atoms with van der Waals surface area (Å²) in [4.78, 5) is 103.